The molecule has 0 aliphatic carbocycles. The van der Waals surface area contributed by atoms with Crippen LogP contribution >= 0.6 is 0 Å². The van der Waals surface area contributed by atoms with E-state index in [1.807, 2.05) is 60.7 Å². The lowest BCUT2D eigenvalue weighted by Crippen LogP contribution is -2.34. The first-order valence-electron chi connectivity index (χ1n) is 10.1. The smallest absolute Gasteiger partial charge is 0.286 e. The molecule has 3 rings (SSSR count). The van der Waals surface area contributed by atoms with Crippen molar-refractivity contribution in [3.8, 4) is 0 Å². The number of benzene rings is 2. The standard InChI is InChI=1S/C24H29NO4/c1-17(2)21-12-22(24(27)25-14-18-6-4-3-5-7-18)29-23(13-21)28-16-20-10-8-19(15-26)9-11-20/h3-12,17,21,23,26H,13-16H2,1-2H3,(H,25,27)/t21-,23+/m1/s1. The van der Waals surface area contributed by atoms with E-state index in [0.717, 1.165) is 16.7 Å². The van der Waals surface area contributed by atoms with E-state index >= 15 is 0 Å². The zero-order valence-corrected chi connectivity index (χ0v) is 17.0. The minimum absolute atomic E-state index is 0.0230. The zero-order valence-electron chi connectivity index (χ0n) is 17.0. The summed E-state index contributed by atoms with van der Waals surface area (Å²) < 4.78 is 11.8. The summed E-state index contributed by atoms with van der Waals surface area (Å²) in [5, 5.41) is 12.1. The zero-order chi connectivity index (χ0) is 20.6. The maximum absolute atomic E-state index is 12.6. The van der Waals surface area contributed by atoms with Crippen molar-refractivity contribution in [2.24, 2.45) is 11.8 Å². The van der Waals surface area contributed by atoms with Crippen molar-refractivity contribution in [2.45, 2.75) is 46.3 Å². The number of nitrogens with one attached hydrogen (secondary N) is 1. The van der Waals surface area contributed by atoms with Crippen LogP contribution in [-0.2, 0) is 34.0 Å². The normalized spacial score (nSPS) is 18.8. The second-order valence-electron chi connectivity index (χ2n) is 7.68. The number of aliphatic hydroxyl groups excluding tert-OH is 1. The van der Waals surface area contributed by atoms with Crippen molar-refractivity contribution >= 4 is 5.91 Å². The highest BCUT2D eigenvalue weighted by molar-refractivity contribution is 5.91. The summed E-state index contributed by atoms with van der Waals surface area (Å²) >= 11 is 0. The van der Waals surface area contributed by atoms with Gasteiger partial charge in [0, 0.05) is 13.0 Å². The molecule has 0 fully saturated rings. The Morgan fingerprint density at radius 1 is 1.10 bits per heavy atom. The van der Waals surface area contributed by atoms with E-state index in [-0.39, 0.29) is 18.4 Å². The number of carbonyl (C=O) groups is 1. The van der Waals surface area contributed by atoms with Crippen LogP contribution in [0.1, 0.15) is 37.0 Å². The molecule has 2 N–H and O–H groups in total. The molecule has 2 aromatic carbocycles. The largest absolute Gasteiger partial charge is 0.459 e. The Morgan fingerprint density at radius 3 is 2.45 bits per heavy atom. The maximum atomic E-state index is 12.6. The summed E-state index contributed by atoms with van der Waals surface area (Å²) in [5.74, 6) is 0.695. The van der Waals surface area contributed by atoms with Gasteiger partial charge in [0.2, 0.25) is 6.29 Å². The van der Waals surface area contributed by atoms with Crippen LogP contribution in [0.25, 0.3) is 0 Å². The Bertz CT molecular complexity index is 815. The Kier molecular flexibility index (Phi) is 7.44. The summed E-state index contributed by atoms with van der Waals surface area (Å²) in [6, 6.07) is 17.4. The van der Waals surface area contributed by atoms with Gasteiger partial charge in [0.05, 0.1) is 13.2 Å². The first-order valence-corrected chi connectivity index (χ1v) is 10.1. The van der Waals surface area contributed by atoms with Gasteiger partial charge in [-0.25, -0.2) is 0 Å². The molecule has 0 aromatic heterocycles. The molecular weight excluding hydrogens is 366 g/mol. The molecule has 2 aromatic rings. The number of hydrogen-bond donors (Lipinski definition) is 2. The van der Waals surface area contributed by atoms with Crippen molar-refractivity contribution in [3.05, 3.63) is 83.1 Å². The van der Waals surface area contributed by atoms with Crippen LogP contribution in [-0.4, -0.2) is 17.3 Å². The lowest BCUT2D eigenvalue weighted by molar-refractivity contribution is -0.155. The van der Waals surface area contributed by atoms with E-state index in [1.54, 1.807) is 0 Å². The molecule has 0 spiro atoms. The van der Waals surface area contributed by atoms with Crippen LogP contribution in [0.5, 0.6) is 0 Å². The average molecular weight is 395 g/mol. The van der Waals surface area contributed by atoms with Gasteiger partial charge in [-0.05, 0) is 34.6 Å². The van der Waals surface area contributed by atoms with Gasteiger partial charge in [-0.15, -0.1) is 0 Å². The molecule has 0 bridgehead atoms. The van der Waals surface area contributed by atoms with E-state index in [9.17, 15) is 4.79 Å². The van der Waals surface area contributed by atoms with E-state index in [4.69, 9.17) is 14.6 Å². The van der Waals surface area contributed by atoms with E-state index < -0.39 is 6.29 Å². The van der Waals surface area contributed by atoms with Crippen LogP contribution in [0.15, 0.2) is 66.4 Å². The predicted molar refractivity (Wildman–Crippen MR) is 111 cm³/mol. The molecule has 0 radical (unpaired) electrons. The Balaban J connectivity index is 1.59. The average Bonchev–Trinajstić information content (AvgIpc) is 2.76. The first-order chi connectivity index (χ1) is 14.0. The molecule has 2 atom stereocenters. The Hall–Kier alpha value is -2.63. The lowest BCUT2D eigenvalue weighted by atomic mass is 9.90. The van der Waals surface area contributed by atoms with Gasteiger partial charge in [-0.2, -0.15) is 0 Å². The van der Waals surface area contributed by atoms with Gasteiger partial charge in [0.15, 0.2) is 5.76 Å². The van der Waals surface area contributed by atoms with Gasteiger partial charge in [-0.1, -0.05) is 68.4 Å². The van der Waals surface area contributed by atoms with Gasteiger partial charge in [0.25, 0.3) is 5.91 Å². The summed E-state index contributed by atoms with van der Waals surface area (Å²) in [6.45, 7) is 5.14. The maximum Gasteiger partial charge on any atom is 0.286 e. The molecule has 1 heterocycles. The predicted octanol–water partition coefficient (Wildman–Crippen LogP) is 3.91. The van der Waals surface area contributed by atoms with Crippen molar-refractivity contribution in [2.75, 3.05) is 0 Å². The second kappa shape index (κ2) is 10.2. The number of ether oxygens (including phenoxy) is 2. The molecule has 5 heteroatoms. The number of rotatable bonds is 8. The summed E-state index contributed by atoms with van der Waals surface area (Å²) in [7, 11) is 0. The van der Waals surface area contributed by atoms with Crippen molar-refractivity contribution in [1.29, 1.82) is 0 Å². The van der Waals surface area contributed by atoms with E-state index in [1.165, 1.54) is 0 Å². The van der Waals surface area contributed by atoms with Crippen LogP contribution in [0.2, 0.25) is 0 Å². The Labute approximate surface area is 172 Å². The van der Waals surface area contributed by atoms with Gasteiger partial charge >= 0.3 is 0 Å². The van der Waals surface area contributed by atoms with Crippen LogP contribution in [0.4, 0.5) is 0 Å². The van der Waals surface area contributed by atoms with E-state index in [0.29, 0.717) is 31.2 Å². The number of amides is 1. The van der Waals surface area contributed by atoms with Gasteiger partial charge in [0.1, 0.15) is 0 Å². The fourth-order valence-electron chi connectivity index (χ4n) is 3.20. The molecule has 5 nitrogen and oxygen atoms in total. The van der Waals surface area contributed by atoms with Gasteiger partial charge < -0.3 is 19.9 Å². The molecule has 0 unspecified atom stereocenters. The molecule has 1 aliphatic heterocycles. The number of allylic oxidation sites excluding steroid dienone is 1. The molecule has 0 saturated heterocycles. The monoisotopic (exact) mass is 395 g/mol. The summed E-state index contributed by atoms with van der Waals surface area (Å²) in [5.41, 5.74) is 2.90. The highest BCUT2D eigenvalue weighted by Gasteiger charge is 2.29. The van der Waals surface area contributed by atoms with Crippen LogP contribution in [0, 0.1) is 11.8 Å². The number of carbonyl (C=O) groups excluding carboxylic acids is 1. The summed E-state index contributed by atoms with van der Waals surface area (Å²) in [6.07, 6.45) is 2.16. The number of hydrogen-bond acceptors (Lipinski definition) is 4. The van der Waals surface area contributed by atoms with Crippen molar-refractivity contribution in [3.63, 3.8) is 0 Å². The molecule has 154 valence electrons. The second-order valence-corrected chi connectivity index (χ2v) is 7.68. The highest BCUT2D eigenvalue weighted by Crippen LogP contribution is 2.29. The Morgan fingerprint density at radius 2 is 1.79 bits per heavy atom. The third-order valence-corrected chi connectivity index (χ3v) is 5.11. The minimum Gasteiger partial charge on any atom is -0.459 e. The third-order valence-electron chi connectivity index (χ3n) is 5.11. The molecule has 1 amide bonds. The fourth-order valence-corrected chi connectivity index (χ4v) is 3.20. The summed E-state index contributed by atoms with van der Waals surface area (Å²) in [4.78, 5) is 12.6. The van der Waals surface area contributed by atoms with Gasteiger partial charge in [-0.3, -0.25) is 4.79 Å². The minimum atomic E-state index is -0.470. The molecule has 1 aliphatic rings. The SMILES string of the molecule is CC(C)[C@@H]1C=C(C(=O)NCc2ccccc2)O[C@H](OCc2ccc(CO)cc2)C1. The molecule has 29 heavy (non-hydrogen) atoms. The number of aliphatic hydroxyl groups is 1. The van der Waals surface area contributed by atoms with Crippen LogP contribution in [0.3, 0.4) is 0 Å². The molecule has 0 saturated carbocycles. The first kappa shape index (κ1) is 21.1. The topological polar surface area (TPSA) is 67.8 Å². The van der Waals surface area contributed by atoms with Crippen molar-refractivity contribution in [1.82, 2.24) is 5.32 Å². The van der Waals surface area contributed by atoms with Crippen LogP contribution < -0.4 is 5.32 Å². The quantitative estimate of drug-likeness (QED) is 0.711. The fraction of sp³-hybridized carbons (Fsp3) is 0.375. The lowest BCUT2D eigenvalue weighted by Gasteiger charge is -2.31. The van der Waals surface area contributed by atoms with Crippen molar-refractivity contribution < 1.29 is 19.4 Å². The third kappa shape index (κ3) is 6.17. The molecular formula is C24H29NO4. The van der Waals surface area contributed by atoms with E-state index in [2.05, 4.69) is 19.2 Å². The highest BCUT2D eigenvalue weighted by atomic mass is 16.7.